The maximum Gasteiger partial charge on any atom is 0.131 e. The first-order valence-corrected chi connectivity index (χ1v) is 6.40. The molecule has 0 amide bonds. The molecule has 1 fully saturated rings. The van der Waals surface area contributed by atoms with Crippen molar-refractivity contribution in [2.45, 2.75) is 44.6 Å². The molecule has 0 bridgehead atoms. The molecule has 1 N–H and O–H groups in total. The number of nitrogens with one attached hydrogen (secondary N) is 1. The highest BCUT2D eigenvalue weighted by molar-refractivity contribution is 5.38. The van der Waals surface area contributed by atoms with Crippen molar-refractivity contribution in [3.8, 4) is 0 Å². The van der Waals surface area contributed by atoms with E-state index in [1.165, 1.54) is 18.4 Å². The van der Waals surface area contributed by atoms with Gasteiger partial charge in [-0.3, -0.25) is 0 Å². The lowest BCUT2D eigenvalue weighted by Crippen LogP contribution is -2.27. The highest BCUT2D eigenvalue weighted by Gasteiger charge is 2.23. The normalized spacial score (nSPS) is 24.4. The molecule has 1 aromatic rings. The van der Waals surface area contributed by atoms with Crippen molar-refractivity contribution in [1.82, 2.24) is 5.32 Å². The van der Waals surface area contributed by atoms with E-state index in [1.54, 1.807) is 0 Å². The Morgan fingerprint density at radius 3 is 2.88 bits per heavy atom. The summed E-state index contributed by atoms with van der Waals surface area (Å²) in [7, 11) is 0. The Balaban J connectivity index is 1.95. The van der Waals surface area contributed by atoms with E-state index >= 15 is 0 Å². The van der Waals surface area contributed by atoms with Crippen molar-refractivity contribution in [3.05, 3.63) is 34.6 Å². The summed E-state index contributed by atoms with van der Waals surface area (Å²) in [4.78, 5) is 0. The van der Waals surface area contributed by atoms with Crippen molar-refractivity contribution in [3.63, 3.8) is 0 Å². The maximum absolute atomic E-state index is 14.3. The maximum atomic E-state index is 14.3. The second-order valence-corrected chi connectivity index (χ2v) is 4.96. The smallest absolute Gasteiger partial charge is 0.131 e. The molecule has 1 unspecified atom stereocenters. The number of hydrogen-bond donors (Lipinski definition) is 1. The molecule has 1 aliphatic carbocycles. The standard InChI is InChI=1S/C14H18FN/c15-14-11-5-3-4-10(11)7-8-12(14)13-6-1-2-9-16-13/h7-8,13,16H,1-6,9H2. The number of fused-ring (bicyclic) bond motifs is 1. The fourth-order valence-electron chi connectivity index (χ4n) is 3.03. The number of aryl methyl sites for hydroxylation is 1. The Morgan fingerprint density at radius 2 is 2.06 bits per heavy atom. The van der Waals surface area contributed by atoms with E-state index in [4.69, 9.17) is 0 Å². The number of hydrogen-bond acceptors (Lipinski definition) is 1. The molecule has 1 atom stereocenters. The van der Waals surface area contributed by atoms with Crippen LogP contribution in [0.3, 0.4) is 0 Å². The van der Waals surface area contributed by atoms with Gasteiger partial charge in [-0.05, 0) is 49.8 Å². The highest BCUT2D eigenvalue weighted by atomic mass is 19.1. The van der Waals surface area contributed by atoms with Gasteiger partial charge in [-0.2, -0.15) is 0 Å². The monoisotopic (exact) mass is 219 g/mol. The first kappa shape index (κ1) is 10.3. The minimum Gasteiger partial charge on any atom is -0.310 e. The van der Waals surface area contributed by atoms with Crippen LogP contribution in [0.25, 0.3) is 0 Å². The third-order valence-electron chi connectivity index (χ3n) is 3.93. The Kier molecular flexibility index (Phi) is 2.68. The van der Waals surface area contributed by atoms with Crippen LogP contribution in [0, 0.1) is 5.82 Å². The van der Waals surface area contributed by atoms with Crippen LogP contribution in [0.1, 0.15) is 48.4 Å². The van der Waals surface area contributed by atoms with Crippen molar-refractivity contribution in [2.75, 3.05) is 6.54 Å². The Labute approximate surface area is 96.1 Å². The Bertz CT molecular complexity index is 394. The molecule has 0 radical (unpaired) electrons. The summed E-state index contributed by atoms with van der Waals surface area (Å²) in [6, 6.07) is 4.39. The van der Waals surface area contributed by atoms with Gasteiger partial charge >= 0.3 is 0 Å². The van der Waals surface area contributed by atoms with Crippen LogP contribution in [0.5, 0.6) is 0 Å². The van der Waals surface area contributed by atoms with Gasteiger partial charge in [-0.25, -0.2) is 4.39 Å². The lowest BCUT2D eigenvalue weighted by Gasteiger charge is -2.25. The molecule has 1 saturated heterocycles. The van der Waals surface area contributed by atoms with Gasteiger partial charge in [0.2, 0.25) is 0 Å². The van der Waals surface area contributed by atoms with E-state index in [0.29, 0.717) is 0 Å². The first-order chi connectivity index (χ1) is 7.86. The number of piperidine rings is 1. The van der Waals surface area contributed by atoms with Crippen molar-refractivity contribution >= 4 is 0 Å². The van der Waals surface area contributed by atoms with E-state index in [2.05, 4.69) is 11.4 Å². The summed E-state index contributed by atoms with van der Waals surface area (Å²) in [5, 5.41) is 3.43. The summed E-state index contributed by atoms with van der Waals surface area (Å²) >= 11 is 0. The molecule has 0 spiro atoms. The van der Waals surface area contributed by atoms with Crippen LogP contribution < -0.4 is 5.32 Å². The average molecular weight is 219 g/mol. The SMILES string of the molecule is Fc1c(C2CCCCN2)ccc2c1CCC2. The third-order valence-corrected chi connectivity index (χ3v) is 3.93. The molecular weight excluding hydrogens is 201 g/mol. The van der Waals surface area contributed by atoms with Crippen LogP contribution in [0.15, 0.2) is 12.1 Å². The van der Waals surface area contributed by atoms with Crippen LogP contribution in [0.2, 0.25) is 0 Å². The van der Waals surface area contributed by atoms with Crippen LogP contribution in [-0.2, 0) is 12.8 Å². The number of benzene rings is 1. The fourth-order valence-corrected chi connectivity index (χ4v) is 3.03. The molecule has 1 aliphatic heterocycles. The van der Waals surface area contributed by atoms with Crippen LogP contribution in [0.4, 0.5) is 4.39 Å². The van der Waals surface area contributed by atoms with Gasteiger partial charge in [-0.1, -0.05) is 18.6 Å². The highest BCUT2D eigenvalue weighted by Crippen LogP contribution is 2.32. The largest absolute Gasteiger partial charge is 0.310 e. The van der Waals surface area contributed by atoms with Crippen molar-refractivity contribution in [1.29, 1.82) is 0 Å². The zero-order chi connectivity index (χ0) is 11.0. The van der Waals surface area contributed by atoms with E-state index in [-0.39, 0.29) is 11.9 Å². The predicted molar refractivity (Wildman–Crippen MR) is 63.0 cm³/mol. The minimum atomic E-state index is 0.0781. The molecule has 0 saturated carbocycles. The first-order valence-electron chi connectivity index (χ1n) is 6.40. The lowest BCUT2D eigenvalue weighted by molar-refractivity contribution is 0.399. The van der Waals surface area contributed by atoms with E-state index in [1.807, 2.05) is 6.07 Å². The van der Waals surface area contributed by atoms with Crippen LogP contribution >= 0.6 is 0 Å². The number of halogens is 1. The van der Waals surface area contributed by atoms with Crippen LogP contribution in [-0.4, -0.2) is 6.54 Å². The van der Waals surface area contributed by atoms with E-state index in [9.17, 15) is 4.39 Å². The topological polar surface area (TPSA) is 12.0 Å². The van der Waals surface area contributed by atoms with Gasteiger partial charge in [0.25, 0.3) is 0 Å². The molecule has 16 heavy (non-hydrogen) atoms. The van der Waals surface area contributed by atoms with E-state index in [0.717, 1.165) is 43.4 Å². The van der Waals surface area contributed by atoms with Gasteiger partial charge < -0.3 is 5.32 Å². The minimum absolute atomic E-state index is 0.0781. The zero-order valence-electron chi connectivity index (χ0n) is 9.56. The van der Waals surface area contributed by atoms with E-state index < -0.39 is 0 Å². The van der Waals surface area contributed by atoms with Gasteiger partial charge in [0, 0.05) is 11.6 Å². The average Bonchev–Trinajstić information content (AvgIpc) is 2.80. The molecule has 2 aliphatic rings. The predicted octanol–water partition coefficient (Wildman–Crippen LogP) is 3.13. The molecule has 3 rings (SSSR count). The Hall–Kier alpha value is -0.890. The van der Waals surface area contributed by atoms with Gasteiger partial charge in [0.15, 0.2) is 0 Å². The second kappa shape index (κ2) is 4.17. The van der Waals surface area contributed by atoms with Gasteiger partial charge in [0.05, 0.1) is 0 Å². The zero-order valence-corrected chi connectivity index (χ0v) is 9.56. The molecule has 0 aromatic heterocycles. The molecule has 1 nitrogen and oxygen atoms in total. The Morgan fingerprint density at radius 1 is 1.12 bits per heavy atom. The number of rotatable bonds is 1. The van der Waals surface area contributed by atoms with Gasteiger partial charge in [-0.15, -0.1) is 0 Å². The summed E-state index contributed by atoms with van der Waals surface area (Å²) in [6.45, 7) is 1.03. The lowest BCUT2D eigenvalue weighted by atomic mass is 9.94. The van der Waals surface area contributed by atoms with Crippen molar-refractivity contribution in [2.24, 2.45) is 0 Å². The fraction of sp³-hybridized carbons (Fsp3) is 0.571. The van der Waals surface area contributed by atoms with Gasteiger partial charge in [0.1, 0.15) is 5.82 Å². The molecule has 1 heterocycles. The molecule has 2 heteroatoms. The molecule has 86 valence electrons. The summed E-state index contributed by atoms with van der Waals surface area (Å²) in [5.41, 5.74) is 3.13. The molecule has 1 aromatic carbocycles. The summed E-state index contributed by atoms with van der Waals surface area (Å²) in [5.74, 6) is 0.0781. The third kappa shape index (κ3) is 1.65. The summed E-state index contributed by atoms with van der Waals surface area (Å²) in [6.07, 6.45) is 6.63. The second-order valence-electron chi connectivity index (χ2n) is 4.96. The van der Waals surface area contributed by atoms with Crippen molar-refractivity contribution < 1.29 is 4.39 Å². The quantitative estimate of drug-likeness (QED) is 0.765. The summed E-state index contributed by atoms with van der Waals surface area (Å²) < 4.78 is 14.3. The molecular formula is C14H18FN.